The minimum absolute atomic E-state index is 0.107. The zero-order chi connectivity index (χ0) is 30.9. The van der Waals surface area contributed by atoms with Crippen molar-refractivity contribution < 1.29 is 22.7 Å². The smallest absolute Gasteiger partial charge is 0.243 e. The topological polar surface area (TPSA) is 92.2 Å². The van der Waals surface area contributed by atoms with Crippen LogP contribution in [0.3, 0.4) is 0 Å². The lowest BCUT2D eigenvalue weighted by Gasteiger charge is -2.19. The normalized spacial score (nSPS) is 11.5. The van der Waals surface area contributed by atoms with Gasteiger partial charge in [0.05, 0.1) is 18.6 Å². The molecule has 0 N–H and O–H groups in total. The summed E-state index contributed by atoms with van der Waals surface area (Å²) >= 11 is 0. The molecule has 1 heterocycles. The van der Waals surface area contributed by atoms with E-state index in [-0.39, 0.29) is 23.1 Å². The molecule has 0 aliphatic heterocycles. The van der Waals surface area contributed by atoms with Gasteiger partial charge < -0.3 is 19.1 Å². The quantitative estimate of drug-likeness (QED) is 0.311. The fourth-order valence-electron chi connectivity index (χ4n) is 4.52. The van der Waals surface area contributed by atoms with Crippen LogP contribution in [0.5, 0.6) is 5.75 Å². The van der Waals surface area contributed by atoms with Crippen LogP contribution in [0.1, 0.15) is 43.4 Å². The number of Topliss-reactive ketones (excluding diaryl/α,β-unsaturated/α-hetero) is 1. The number of aryl methyl sites for hydroxylation is 2. The number of sulfonamides is 1. The number of aromatic nitrogens is 1. The third-order valence-corrected chi connectivity index (χ3v) is 9.01. The molecule has 0 radical (unpaired) electrons. The molecule has 3 rings (SSSR count). The maximum Gasteiger partial charge on any atom is 0.243 e. The van der Waals surface area contributed by atoms with Gasteiger partial charge >= 0.3 is 0 Å². The highest BCUT2D eigenvalue weighted by molar-refractivity contribution is 7.89. The molecule has 1 aromatic heterocycles. The molecule has 0 saturated heterocycles. The summed E-state index contributed by atoms with van der Waals surface area (Å²) in [6, 6.07) is 12.0. The van der Waals surface area contributed by atoms with Crippen molar-refractivity contribution in [1.29, 1.82) is 0 Å². The Morgan fingerprint density at radius 2 is 1.56 bits per heavy atom. The van der Waals surface area contributed by atoms with Crippen LogP contribution in [0.15, 0.2) is 47.5 Å². The number of rotatable bonds is 12. The van der Waals surface area contributed by atoms with Gasteiger partial charge in [-0.1, -0.05) is 19.9 Å². The summed E-state index contributed by atoms with van der Waals surface area (Å²) in [5.41, 5.74) is 3.65. The van der Waals surface area contributed by atoms with E-state index in [0.29, 0.717) is 36.3 Å². The van der Waals surface area contributed by atoms with Crippen molar-refractivity contribution in [3.05, 3.63) is 59.3 Å². The van der Waals surface area contributed by atoms with E-state index in [2.05, 4.69) is 54.0 Å². The van der Waals surface area contributed by atoms with Gasteiger partial charge in [0, 0.05) is 58.3 Å². The van der Waals surface area contributed by atoms with Crippen molar-refractivity contribution in [2.45, 2.75) is 58.5 Å². The molecule has 0 unspecified atom stereocenters. The summed E-state index contributed by atoms with van der Waals surface area (Å²) < 4.78 is 33.6. The number of ether oxygens (including phenoxy) is 1. The molecule has 41 heavy (non-hydrogen) atoms. The van der Waals surface area contributed by atoms with Gasteiger partial charge in [-0.15, -0.1) is 0 Å². The van der Waals surface area contributed by atoms with Gasteiger partial charge in [0.25, 0.3) is 0 Å². The Morgan fingerprint density at radius 1 is 0.927 bits per heavy atom. The van der Waals surface area contributed by atoms with Crippen molar-refractivity contribution in [1.82, 2.24) is 18.7 Å². The molecule has 0 atom stereocenters. The summed E-state index contributed by atoms with van der Waals surface area (Å²) in [5.74, 6) is 0.685. The Kier molecular flexibility index (Phi) is 12.6. The number of carbonyl (C=O) groups excluding carboxylic acids is 2. The van der Waals surface area contributed by atoms with Gasteiger partial charge in [0.2, 0.25) is 15.9 Å². The van der Waals surface area contributed by atoms with Crippen LogP contribution in [0, 0.1) is 13.8 Å². The molecule has 3 aromatic rings. The maximum absolute atomic E-state index is 12.6. The number of carbonyl (C=O) groups is 2. The van der Waals surface area contributed by atoms with Crippen molar-refractivity contribution >= 4 is 32.6 Å². The zero-order valence-corrected chi connectivity index (χ0v) is 26.8. The number of methoxy groups -OCH3 is 1. The van der Waals surface area contributed by atoms with Crippen molar-refractivity contribution in [2.75, 3.05) is 48.4 Å². The molecular weight excluding hydrogens is 540 g/mol. The number of benzene rings is 2. The highest BCUT2D eigenvalue weighted by Crippen LogP contribution is 2.27. The van der Waals surface area contributed by atoms with Gasteiger partial charge in [-0.2, -0.15) is 4.31 Å². The van der Waals surface area contributed by atoms with E-state index in [1.807, 2.05) is 14.0 Å². The molecule has 1 amide bonds. The molecule has 10 heteroatoms. The Balaban J connectivity index is 0.000000287. The summed E-state index contributed by atoms with van der Waals surface area (Å²) in [5, 5.41) is 1.24. The third kappa shape index (κ3) is 9.14. The largest absolute Gasteiger partial charge is 0.497 e. The second-order valence-electron chi connectivity index (χ2n) is 10.6. The molecule has 0 aliphatic rings. The maximum atomic E-state index is 12.6. The first kappa shape index (κ1) is 34.0. The van der Waals surface area contributed by atoms with Gasteiger partial charge in [-0.25, -0.2) is 8.42 Å². The number of hydrogen-bond acceptors (Lipinski definition) is 6. The predicted molar refractivity (Wildman–Crippen MR) is 165 cm³/mol. The summed E-state index contributed by atoms with van der Waals surface area (Å²) in [7, 11) is 5.32. The van der Waals surface area contributed by atoms with E-state index in [4.69, 9.17) is 4.74 Å². The van der Waals surface area contributed by atoms with E-state index in [1.54, 1.807) is 37.8 Å². The van der Waals surface area contributed by atoms with Crippen LogP contribution >= 0.6 is 0 Å². The van der Waals surface area contributed by atoms with Crippen LogP contribution < -0.4 is 4.74 Å². The SMILES string of the molecule is CCC(=O)CN(C)S(=O)(=O)c1c(C)cc(OC)cc1C.CCC(=O)N(C)Cc1ccc2c(ccn2CCN(C)C)c1. The molecule has 0 aliphatic carbocycles. The fraction of sp³-hybridized carbons (Fsp3) is 0.484. The standard InChI is InChI=1S/C17H25N3O.C14H21NO4S/c1-5-17(21)19(4)13-14-6-7-16-15(12-14)8-9-20(16)11-10-18(2)3;1-6-12(16)9-15(4)20(17,18)14-10(2)7-13(19-5)8-11(14)3/h6-9,12H,5,10-11,13H2,1-4H3;7-8H,6,9H2,1-5H3. The predicted octanol–water partition coefficient (Wildman–Crippen LogP) is 4.48. The third-order valence-electron chi connectivity index (χ3n) is 6.90. The highest BCUT2D eigenvalue weighted by atomic mass is 32.2. The van der Waals surface area contributed by atoms with Gasteiger partial charge in [-0.05, 0) is 80.4 Å². The first-order valence-corrected chi connectivity index (χ1v) is 15.3. The molecule has 0 bridgehead atoms. The van der Waals surface area contributed by atoms with E-state index in [0.717, 1.165) is 17.4 Å². The summed E-state index contributed by atoms with van der Waals surface area (Å²) in [6.45, 7) is 9.63. The second kappa shape index (κ2) is 15.1. The number of fused-ring (bicyclic) bond motifs is 1. The van der Waals surface area contributed by atoms with Gasteiger partial charge in [0.15, 0.2) is 0 Å². The minimum atomic E-state index is -3.67. The lowest BCUT2D eigenvalue weighted by molar-refractivity contribution is -0.130. The molecular formula is C31H46N4O5S. The fourth-order valence-corrected chi connectivity index (χ4v) is 6.08. The van der Waals surface area contributed by atoms with E-state index in [9.17, 15) is 18.0 Å². The van der Waals surface area contributed by atoms with E-state index in [1.165, 1.54) is 30.6 Å². The number of likely N-dealkylation sites (N-methyl/N-ethyl adjacent to an activating group) is 2. The van der Waals surface area contributed by atoms with E-state index >= 15 is 0 Å². The monoisotopic (exact) mass is 586 g/mol. The molecule has 9 nitrogen and oxygen atoms in total. The Morgan fingerprint density at radius 3 is 2.10 bits per heavy atom. The van der Waals surface area contributed by atoms with Gasteiger partial charge in [0.1, 0.15) is 11.5 Å². The number of nitrogens with zero attached hydrogens (tertiary/aromatic N) is 4. The minimum Gasteiger partial charge on any atom is -0.497 e. The average molecular weight is 587 g/mol. The van der Waals surface area contributed by atoms with Crippen LogP contribution in [0.25, 0.3) is 10.9 Å². The number of ketones is 1. The van der Waals surface area contributed by atoms with Crippen molar-refractivity contribution in [2.24, 2.45) is 0 Å². The molecule has 0 spiro atoms. The molecule has 0 fully saturated rings. The van der Waals surface area contributed by atoms with Crippen molar-refractivity contribution in [3.8, 4) is 5.75 Å². The Bertz CT molecular complexity index is 1420. The number of hydrogen-bond donors (Lipinski definition) is 0. The Hall–Kier alpha value is -3.21. The molecule has 226 valence electrons. The molecule has 2 aromatic carbocycles. The summed E-state index contributed by atoms with van der Waals surface area (Å²) in [6.07, 6.45) is 3.01. The lowest BCUT2D eigenvalue weighted by Crippen LogP contribution is -2.32. The zero-order valence-electron chi connectivity index (χ0n) is 26.0. The Labute approximate surface area is 245 Å². The van der Waals surface area contributed by atoms with Crippen LogP contribution in [-0.4, -0.2) is 87.2 Å². The number of amides is 1. The second-order valence-corrected chi connectivity index (χ2v) is 12.5. The first-order valence-electron chi connectivity index (χ1n) is 13.8. The van der Waals surface area contributed by atoms with Crippen LogP contribution in [0.2, 0.25) is 0 Å². The van der Waals surface area contributed by atoms with Gasteiger partial charge in [-0.3, -0.25) is 9.59 Å². The highest BCUT2D eigenvalue weighted by Gasteiger charge is 2.26. The van der Waals surface area contributed by atoms with Crippen molar-refractivity contribution in [3.63, 3.8) is 0 Å². The average Bonchev–Trinajstić information content (AvgIpc) is 3.33. The van der Waals surface area contributed by atoms with E-state index < -0.39 is 10.0 Å². The van der Waals surface area contributed by atoms with Crippen LogP contribution in [0.4, 0.5) is 0 Å². The lowest BCUT2D eigenvalue weighted by atomic mass is 10.1. The molecule has 0 saturated carbocycles. The summed E-state index contributed by atoms with van der Waals surface area (Å²) in [4.78, 5) is 27.3. The van der Waals surface area contributed by atoms with Crippen LogP contribution in [-0.2, 0) is 32.7 Å². The first-order chi connectivity index (χ1) is 19.2.